The molecule has 2 N–H and O–H groups in total. The standard InChI is InChI=1S/C23H46O3/c1-2-3-4-5-6-7-8-9-10-11-12-13-14-15-16-17-18-19-20-22(21-24)23(25)26/h22,24H,2-21H2,1H3,(H,25,26). The maximum Gasteiger partial charge on any atom is 0.308 e. The lowest BCUT2D eigenvalue weighted by Gasteiger charge is -2.08. The van der Waals surface area contributed by atoms with E-state index in [9.17, 15) is 4.79 Å². The molecule has 0 fully saturated rings. The molecular weight excluding hydrogens is 324 g/mol. The molecule has 0 heterocycles. The molecule has 0 aromatic rings. The van der Waals surface area contributed by atoms with Crippen molar-refractivity contribution in [2.75, 3.05) is 6.61 Å². The third-order valence-corrected chi connectivity index (χ3v) is 5.48. The van der Waals surface area contributed by atoms with E-state index in [1.807, 2.05) is 0 Å². The van der Waals surface area contributed by atoms with E-state index in [1.165, 1.54) is 103 Å². The maximum absolute atomic E-state index is 10.8. The van der Waals surface area contributed by atoms with Crippen molar-refractivity contribution in [2.24, 2.45) is 5.92 Å². The van der Waals surface area contributed by atoms with Gasteiger partial charge in [-0.3, -0.25) is 4.79 Å². The highest BCUT2D eigenvalue weighted by Crippen LogP contribution is 2.15. The Hall–Kier alpha value is -0.570. The molecule has 0 spiro atoms. The summed E-state index contributed by atoms with van der Waals surface area (Å²) in [7, 11) is 0. The summed E-state index contributed by atoms with van der Waals surface area (Å²) >= 11 is 0. The Morgan fingerprint density at radius 3 is 1.19 bits per heavy atom. The first-order valence-corrected chi connectivity index (χ1v) is 11.6. The van der Waals surface area contributed by atoms with Gasteiger partial charge in [0.15, 0.2) is 0 Å². The van der Waals surface area contributed by atoms with Gasteiger partial charge in [-0.2, -0.15) is 0 Å². The smallest absolute Gasteiger partial charge is 0.308 e. The summed E-state index contributed by atoms with van der Waals surface area (Å²) in [5.74, 6) is -1.42. The molecule has 0 saturated heterocycles. The van der Waals surface area contributed by atoms with Gasteiger partial charge in [0.25, 0.3) is 0 Å². The Bertz CT molecular complexity index is 291. The van der Waals surface area contributed by atoms with Crippen molar-refractivity contribution in [3.05, 3.63) is 0 Å². The summed E-state index contributed by atoms with van der Waals surface area (Å²) in [6.07, 6.45) is 24.8. The molecule has 1 unspecified atom stereocenters. The van der Waals surface area contributed by atoms with Crippen molar-refractivity contribution in [1.29, 1.82) is 0 Å². The van der Waals surface area contributed by atoms with Crippen molar-refractivity contribution in [2.45, 2.75) is 129 Å². The fraction of sp³-hybridized carbons (Fsp3) is 0.957. The lowest BCUT2D eigenvalue weighted by molar-refractivity contribution is -0.143. The molecule has 0 aliphatic heterocycles. The van der Waals surface area contributed by atoms with Gasteiger partial charge >= 0.3 is 5.97 Å². The van der Waals surface area contributed by atoms with Crippen LogP contribution in [0.25, 0.3) is 0 Å². The SMILES string of the molecule is CCCCCCCCCCCCCCCCCCCCC(CO)C(=O)O. The molecule has 3 nitrogen and oxygen atoms in total. The molecule has 0 aromatic carbocycles. The fourth-order valence-electron chi connectivity index (χ4n) is 3.59. The number of hydrogen-bond acceptors (Lipinski definition) is 2. The van der Waals surface area contributed by atoms with Gasteiger partial charge < -0.3 is 10.2 Å². The summed E-state index contributed by atoms with van der Waals surface area (Å²) in [4.78, 5) is 10.8. The normalized spacial score (nSPS) is 12.4. The summed E-state index contributed by atoms with van der Waals surface area (Å²) in [6, 6.07) is 0. The number of carbonyl (C=O) groups is 1. The topological polar surface area (TPSA) is 57.5 Å². The van der Waals surface area contributed by atoms with E-state index in [1.54, 1.807) is 0 Å². The van der Waals surface area contributed by atoms with Gasteiger partial charge in [-0.05, 0) is 6.42 Å². The van der Waals surface area contributed by atoms with E-state index in [4.69, 9.17) is 10.2 Å². The Labute approximate surface area is 163 Å². The molecule has 0 rings (SSSR count). The van der Waals surface area contributed by atoms with E-state index in [0.29, 0.717) is 6.42 Å². The van der Waals surface area contributed by atoms with Gasteiger partial charge in [0, 0.05) is 0 Å². The van der Waals surface area contributed by atoms with Gasteiger partial charge in [0.2, 0.25) is 0 Å². The van der Waals surface area contributed by atoms with Crippen LogP contribution in [0.5, 0.6) is 0 Å². The van der Waals surface area contributed by atoms with Crippen LogP contribution in [0.3, 0.4) is 0 Å². The van der Waals surface area contributed by atoms with Crippen LogP contribution in [0.4, 0.5) is 0 Å². The number of hydrogen-bond donors (Lipinski definition) is 2. The molecule has 156 valence electrons. The van der Waals surface area contributed by atoms with Crippen molar-refractivity contribution in [3.8, 4) is 0 Å². The molecule has 1 atom stereocenters. The lowest BCUT2D eigenvalue weighted by atomic mass is 10.0. The lowest BCUT2D eigenvalue weighted by Crippen LogP contribution is -2.17. The van der Waals surface area contributed by atoms with E-state index < -0.39 is 11.9 Å². The number of aliphatic hydroxyl groups excluding tert-OH is 1. The monoisotopic (exact) mass is 370 g/mol. The molecule has 0 amide bonds. The third-order valence-electron chi connectivity index (χ3n) is 5.48. The first kappa shape index (κ1) is 25.4. The minimum absolute atomic E-state index is 0.228. The van der Waals surface area contributed by atoms with Crippen molar-refractivity contribution >= 4 is 5.97 Å². The molecule has 0 saturated carbocycles. The van der Waals surface area contributed by atoms with Gasteiger partial charge in [-0.1, -0.05) is 122 Å². The predicted octanol–water partition coefficient (Wildman–Crippen LogP) is 7.11. The highest BCUT2D eigenvalue weighted by molar-refractivity contribution is 5.69. The van der Waals surface area contributed by atoms with Crippen LogP contribution < -0.4 is 0 Å². The van der Waals surface area contributed by atoms with Crippen molar-refractivity contribution in [3.63, 3.8) is 0 Å². The first-order valence-electron chi connectivity index (χ1n) is 11.6. The minimum Gasteiger partial charge on any atom is -0.481 e. The van der Waals surface area contributed by atoms with Gasteiger partial charge in [0.1, 0.15) is 0 Å². The fourth-order valence-corrected chi connectivity index (χ4v) is 3.59. The zero-order valence-electron chi connectivity index (χ0n) is 17.5. The maximum atomic E-state index is 10.8. The average molecular weight is 371 g/mol. The minimum atomic E-state index is -0.862. The Balaban J connectivity index is 3.10. The molecule has 0 aliphatic carbocycles. The summed E-state index contributed by atoms with van der Waals surface area (Å²) in [5.41, 5.74) is 0. The van der Waals surface area contributed by atoms with E-state index in [2.05, 4.69) is 6.92 Å². The third kappa shape index (κ3) is 18.2. The van der Waals surface area contributed by atoms with E-state index in [-0.39, 0.29) is 6.61 Å². The predicted molar refractivity (Wildman–Crippen MR) is 112 cm³/mol. The number of rotatable bonds is 21. The summed E-state index contributed by atoms with van der Waals surface area (Å²) in [5, 5.41) is 17.8. The van der Waals surface area contributed by atoms with Crippen molar-refractivity contribution in [1.82, 2.24) is 0 Å². The van der Waals surface area contributed by atoms with Crippen LogP contribution in [0.2, 0.25) is 0 Å². The molecule has 0 aromatic heterocycles. The van der Waals surface area contributed by atoms with E-state index in [0.717, 1.165) is 12.8 Å². The van der Waals surface area contributed by atoms with Crippen LogP contribution in [-0.4, -0.2) is 22.8 Å². The molecule has 26 heavy (non-hydrogen) atoms. The highest BCUT2D eigenvalue weighted by atomic mass is 16.4. The summed E-state index contributed by atoms with van der Waals surface area (Å²) in [6.45, 7) is 2.05. The van der Waals surface area contributed by atoms with Crippen LogP contribution in [0.15, 0.2) is 0 Å². The van der Waals surface area contributed by atoms with Gasteiger partial charge in [0.05, 0.1) is 12.5 Å². The Kier molecular flexibility index (Phi) is 20.3. The van der Waals surface area contributed by atoms with Crippen LogP contribution in [0, 0.1) is 5.92 Å². The van der Waals surface area contributed by atoms with Gasteiger partial charge in [-0.15, -0.1) is 0 Å². The molecule has 0 aliphatic rings. The first-order chi connectivity index (χ1) is 12.7. The Morgan fingerprint density at radius 2 is 0.923 bits per heavy atom. The van der Waals surface area contributed by atoms with E-state index >= 15 is 0 Å². The average Bonchev–Trinajstić information content (AvgIpc) is 2.63. The zero-order valence-corrected chi connectivity index (χ0v) is 17.5. The molecule has 0 radical (unpaired) electrons. The second kappa shape index (κ2) is 20.7. The van der Waals surface area contributed by atoms with Crippen LogP contribution in [-0.2, 0) is 4.79 Å². The number of aliphatic carboxylic acids is 1. The molecular formula is C23H46O3. The number of carboxylic acids is 1. The van der Waals surface area contributed by atoms with Crippen LogP contribution >= 0.6 is 0 Å². The van der Waals surface area contributed by atoms with Crippen LogP contribution in [0.1, 0.15) is 129 Å². The largest absolute Gasteiger partial charge is 0.481 e. The Morgan fingerprint density at radius 1 is 0.615 bits per heavy atom. The highest BCUT2D eigenvalue weighted by Gasteiger charge is 2.14. The second-order valence-electron chi connectivity index (χ2n) is 8.02. The summed E-state index contributed by atoms with van der Waals surface area (Å²) < 4.78 is 0. The number of carboxylic acid groups (broad SMARTS) is 1. The number of aliphatic hydroxyl groups is 1. The quantitative estimate of drug-likeness (QED) is 0.212. The molecule has 3 heteroatoms. The van der Waals surface area contributed by atoms with Crippen molar-refractivity contribution < 1.29 is 15.0 Å². The second-order valence-corrected chi connectivity index (χ2v) is 8.02. The van der Waals surface area contributed by atoms with Gasteiger partial charge in [-0.25, -0.2) is 0 Å². The molecule has 0 bridgehead atoms. The number of unbranched alkanes of at least 4 members (excludes halogenated alkanes) is 17. The zero-order chi connectivity index (χ0) is 19.3.